The summed E-state index contributed by atoms with van der Waals surface area (Å²) in [5, 5.41) is 0. The minimum atomic E-state index is 0.371. The maximum absolute atomic E-state index is 5.39. The highest BCUT2D eigenvalue weighted by Crippen LogP contribution is 1.97. The van der Waals surface area contributed by atoms with Crippen LogP contribution in [0.15, 0.2) is 0 Å². The highest BCUT2D eigenvalue weighted by atomic mass is 16.5. The van der Waals surface area contributed by atoms with Crippen molar-refractivity contribution < 1.29 is 4.74 Å². The van der Waals surface area contributed by atoms with Gasteiger partial charge in [0.25, 0.3) is 0 Å². The minimum Gasteiger partial charge on any atom is -0.385 e. The molecule has 0 aliphatic heterocycles. The fraction of sp³-hybridized carbons (Fsp3) is 1.00. The molecular weight excluding hydrogens is 154 g/mol. The molecule has 0 amide bonds. The van der Waals surface area contributed by atoms with Gasteiger partial charge in [-0.15, -0.1) is 0 Å². The maximum Gasteiger partial charge on any atom is 0.0462 e. The summed E-state index contributed by atoms with van der Waals surface area (Å²) in [6.07, 6.45) is 2.11. The molecule has 0 spiro atoms. The van der Waals surface area contributed by atoms with Crippen molar-refractivity contribution in [3.05, 3.63) is 0 Å². The van der Waals surface area contributed by atoms with Crippen LogP contribution < -0.4 is 11.3 Å². The lowest BCUT2D eigenvalue weighted by molar-refractivity contribution is 0.185. The summed E-state index contributed by atoms with van der Waals surface area (Å²) in [5.74, 6) is 5.39. The molecule has 0 aliphatic rings. The summed E-state index contributed by atoms with van der Waals surface area (Å²) >= 11 is 0. The van der Waals surface area contributed by atoms with E-state index >= 15 is 0 Å². The fourth-order valence-corrected chi connectivity index (χ4v) is 1.14. The Morgan fingerprint density at radius 3 is 2.58 bits per heavy atom. The molecule has 4 nitrogen and oxygen atoms in total. The van der Waals surface area contributed by atoms with Gasteiger partial charge in [0.15, 0.2) is 0 Å². The molecule has 0 saturated carbocycles. The number of ether oxygens (including phenoxy) is 1. The van der Waals surface area contributed by atoms with Crippen LogP contribution in [0.1, 0.15) is 12.8 Å². The Bertz CT molecular complexity index is 98.3. The normalized spacial score (nSPS) is 13.8. The molecule has 3 N–H and O–H groups in total. The molecule has 0 rings (SSSR count). The van der Waals surface area contributed by atoms with Crippen LogP contribution in [0.4, 0.5) is 0 Å². The molecule has 0 aromatic rings. The van der Waals surface area contributed by atoms with Gasteiger partial charge < -0.3 is 9.64 Å². The molecule has 1 unspecified atom stereocenters. The quantitative estimate of drug-likeness (QED) is 0.320. The molecule has 0 bridgehead atoms. The van der Waals surface area contributed by atoms with Gasteiger partial charge in [0.1, 0.15) is 0 Å². The number of hydrogen-bond donors (Lipinski definition) is 2. The predicted octanol–water partition coefficient (Wildman–Crippen LogP) is -0.193. The van der Waals surface area contributed by atoms with E-state index in [1.807, 2.05) is 14.1 Å². The molecule has 0 radical (unpaired) electrons. The van der Waals surface area contributed by atoms with Crippen LogP contribution in [0.3, 0.4) is 0 Å². The molecule has 0 heterocycles. The van der Waals surface area contributed by atoms with Crippen LogP contribution in [0.25, 0.3) is 0 Å². The van der Waals surface area contributed by atoms with E-state index in [-0.39, 0.29) is 0 Å². The second kappa shape index (κ2) is 7.49. The third-order valence-corrected chi connectivity index (χ3v) is 1.72. The predicted molar refractivity (Wildman–Crippen MR) is 50.8 cm³/mol. The zero-order valence-corrected chi connectivity index (χ0v) is 8.34. The first-order valence-corrected chi connectivity index (χ1v) is 4.30. The van der Waals surface area contributed by atoms with E-state index in [1.165, 1.54) is 0 Å². The van der Waals surface area contributed by atoms with Crippen molar-refractivity contribution in [3.8, 4) is 0 Å². The van der Waals surface area contributed by atoms with Crippen molar-refractivity contribution in [2.24, 2.45) is 5.84 Å². The van der Waals surface area contributed by atoms with Gasteiger partial charge in [0, 0.05) is 26.3 Å². The summed E-state index contributed by atoms with van der Waals surface area (Å²) in [5.41, 5.74) is 2.80. The van der Waals surface area contributed by atoms with Crippen LogP contribution >= 0.6 is 0 Å². The van der Waals surface area contributed by atoms with E-state index in [4.69, 9.17) is 10.6 Å². The lowest BCUT2D eigenvalue weighted by Crippen LogP contribution is -2.42. The summed E-state index contributed by atoms with van der Waals surface area (Å²) in [7, 11) is 5.80. The Morgan fingerprint density at radius 2 is 2.17 bits per heavy atom. The Morgan fingerprint density at radius 1 is 1.50 bits per heavy atom. The highest BCUT2D eigenvalue weighted by molar-refractivity contribution is 4.65. The molecular formula is C8H21N3O. The second-order valence-electron chi connectivity index (χ2n) is 3.26. The van der Waals surface area contributed by atoms with Crippen molar-refractivity contribution in [2.75, 3.05) is 34.4 Å². The van der Waals surface area contributed by atoms with Crippen molar-refractivity contribution in [1.29, 1.82) is 0 Å². The van der Waals surface area contributed by atoms with E-state index in [0.717, 1.165) is 26.0 Å². The lowest BCUT2D eigenvalue weighted by Gasteiger charge is -2.19. The number of nitrogens with two attached hydrogens (primary N) is 1. The van der Waals surface area contributed by atoms with Gasteiger partial charge in [-0.05, 0) is 26.9 Å². The van der Waals surface area contributed by atoms with E-state index in [0.29, 0.717) is 6.04 Å². The summed E-state index contributed by atoms with van der Waals surface area (Å²) in [6, 6.07) is 0.371. The Balaban J connectivity index is 3.39. The molecule has 0 aromatic heterocycles. The fourth-order valence-electron chi connectivity index (χ4n) is 1.14. The van der Waals surface area contributed by atoms with Gasteiger partial charge in [0.2, 0.25) is 0 Å². The minimum absolute atomic E-state index is 0.371. The van der Waals surface area contributed by atoms with Crippen molar-refractivity contribution in [2.45, 2.75) is 18.9 Å². The Hall–Kier alpha value is -0.160. The van der Waals surface area contributed by atoms with Crippen LogP contribution in [-0.4, -0.2) is 45.3 Å². The van der Waals surface area contributed by atoms with Gasteiger partial charge in [0.05, 0.1) is 0 Å². The van der Waals surface area contributed by atoms with Gasteiger partial charge in [-0.2, -0.15) is 0 Å². The first-order valence-electron chi connectivity index (χ1n) is 4.30. The Labute approximate surface area is 75.0 Å². The molecule has 0 fully saturated rings. The van der Waals surface area contributed by atoms with Gasteiger partial charge in [-0.25, -0.2) is 0 Å². The van der Waals surface area contributed by atoms with E-state index in [2.05, 4.69) is 10.3 Å². The molecule has 0 aromatic carbocycles. The molecule has 4 heteroatoms. The third-order valence-electron chi connectivity index (χ3n) is 1.72. The van der Waals surface area contributed by atoms with Crippen LogP contribution in [-0.2, 0) is 4.74 Å². The topological polar surface area (TPSA) is 50.5 Å². The van der Waals surface area contributed by atoms with Gasteiger partial charge in [-0.1, -0.05) is 0 Å². The first kappa shape index (κ1) is 11.8. The number of hydrogen-bond acceptors (Lipinski definition) is 4. The summed E-state index contributed by atoms with van der Waals surface area (Å²) in [6.45, 7) is 1.78. The summed E-state index contributed by atoms with van der Waals surface area (Å²) < 4.78 is 4.96. The number of nitrogens with one attached hydrogen (secondary N) is 1. The van der Waals surface area contributed by atoms with Gasteiger partial charge >= 0.3 is 0 Å². The first-order chi connectivity index (χ1) is 5.70. The standard InChI is InChI=1S/C8H21N3O/c1-11(2)7-8(10-9)5-4-6-12-3/h8,10H,4-7,9H2,1-3H3. The molecule has 74 valence electrons. The molecule has 12 heavy (non-hydrogen) atoms. The van der Waals surface area contributed by atoms with Crippen molar-refractivity contribution in [1.82, 2.24) is 10.3 Å². The monoisotopic (exact) mass is 175 g/mol. The van der Waals surface area contributed by atoms with Crippen molar-refractivity contribution >= 4 is 0 Å². The lowest BCUT2D eigenvalue weighted by atomic mass is 10.1. The van der Waals surface area contributed by atoms with E-state index in [9.17, 15) is 0 Å². The molecule has 0 saturated heterocycles. The molecule has 0 aliphatic carbocycles. The van der Waals surface area contributed by atoms with Crippen LogP contribution in [0, 0.1) is 0 Å². The van der Waals surface area contributed by atoms with Gasteiger partial charge in [-0.3, -0.25) is 11.3 Å². The zero-order chi connectivity index (χ0) is 9.40. The number of rotatable bonds is 7. The average molecular weight is 175 g/mol. The SMILES string of the molecule is COCCCC(CN(C)C)NN. The maximum atomic E-state index is 5.39. The van der Waals surface area contributed by atoms with Crippen LogP contribution in [0.2, 0.25) is 0 Å². The number of hydrazine groups is 1. The second-order valence-corrected chi connectivity index (χ2v) is 3.26. The highest BCUT2D eigenvalue weighted by Gasteiger charge is 2.06. The number of nitrogens with zero attached hydrogens (tertiary/aromatic N) is 1. The smallest absolute Gasteiger partial charge is 0.0462 e. The third kappa shape index (κ3) is 6.54. The summed E-state index contributed by atoms with van der Waals surface area (Å²) in [4.78, 5) is 2.12. The Kier molecular flexibility index (Phi) is 7.39. The van der Waals surface area contributed by atoms with E-state index in [1.54, 1.807) is 7.11 Å². The van der Waals surface area contributed by atoms with E-state index < -0.39 is 0 Å². The number of likely N-dealkylation sites (N-methyl/N-ethyl adjacent to an activating group) is 1. The van der Waals surface area contributed by atoms with Crippen LogP contribution in [0.5, 0.6) is 0 Å². The average Bonchev–Trinajstić information content (AvgIpc) is 2.02. The molecule has 1 atom stereocenters. The zero-order valence-electron chi connectivity index (χ0n) is 8.34. The van der Waals surface area contributed by atoms with Crippen molar-refractivity contribution in [3.63, 3.8) is 0 Å². The largest absolute Gasteiger partial charge is 0.385 e. The number of methoxy groups -OCH3 is 1.